The predicted molar refractivity (Wildman–Crippen MR) is 95.7 cm³/mol. The quantitative estimate of drug-likeness (QED) is 0.708. The second kappa shape index (κ2) is 7.32. The molecule has 0 unspecified atom stereocenters. The van der Waals surface area contributed by atoms with Crippen LogP contribution >= 0.6 is 0 Å². The fraction of sp³-hybridized carbons (Fsp3) is 0.250. The number of esters is 1. The third kappa shape index (κ3) is 3.49. The van der Waals surface area contributed by atoms with Crippen molar-refractivity contribution in [1.29, 1.82) is 0 Å². The number of aromatic amines is 1. The summed E-state index contributed by atoms with van der Waals surface area (Å²) in [7, 11) is 3.41. The standard InChI is InChI=1S/C20H22N2O2/c1-22(14-15-8-4-3-5-9-15)19(20(23)24-2)12-16-13-21-18-11-7-6-10-17(16)18/h3-11,13,19,21H,12,14H2,1-2H3/t19-/m0/s1. The maximum atomic E-state index is 12.3. The third-order valence-electron chi connectivity index (χ3n) is 4.37. The number of hydrogen-bond donors (Lipinski definition) is 1. The van der Waals surface area contributed by atoms with E-state index in [0.29, 0.717) is 13.0 Å². The first-order valence-electron chi connectivity index (χ1n) is 8.06. The Hall–Kier alpha value is -2.59. The van der Waals surface area contributed by atoms with E-state index in [0.717, 1.165) is 16.5 Å². The van der Waals surface area contributed by atoms with Crippen molar-refractivity contribution in [2.75, 3.05) is 14.2 Å². The van der Waals surface area contributed by atoms with Crippen molar-refractivity contribution in [1.82, 2.24) is 9.88 Å². The summed E-state index contributed by atoms with van der Waals surface area (Å²) < 4.78 is 5.04. The second-order valence-corrected chi connectivity index (χ2v) is 6.00. The van der Waals surface area contributed by atoms with E-state index in [1.54, 1.807) is 0 Å². The van der Waals surface area contributed by atoms with Crippen LogP contribution < -0.4 is 0 Å². The van der Waals surface area contributed by atoms with E-state index in [4.69, 9.17) is 4.74 Å². The number of carbonyl (C=O) groups excluding carboxylic acids is 1. The van der Waals surface area contributed by atoms with Crippen LogP contribution in [0.4, 0.5) is 0 Å². The van der Waals surface area contributed by atoms with Gasteiger partial charge in [-0.05, 0) is 24.2 Å². The largest absolute Gasteiger partial charge is 0.468 e. The Labute approximate surface area is 142 Å². The first-order valence-corrected chi connectivity index (χ1v) is 8.06. The van der Waals surface area contributed by atoms with Crippen LogP contribution in [-0.2, 0) is 22.5 Å². The molecule has 3 rings (SSSR count). The van der Waals surface area contributed by atoms with Crippen LogP contribution in [0.2, 0.25) is 0 Å². The molecule has 1 atom stereocenters. The maximum absolute atomic E-state index is 12.3. The molecule has 4 heteroatoms. The number of hydrogen-bond acceptors (Lipinski definition) is 3. The number of nitrogens with one attached hydrogen (secondary N) is 1. The fourth-order valence-electron chi connectivity index (χ4n) is 3.05. The number of para-hydroxylation sites is 1. The molecular formula is C20H22N2O2. The summed E-state index contributed by atoms with van der Waals surface area (Å²) in [5.74, 6) is -0.210. The van der Waals surface area contributed by atoms with Crippen molar-refractivity contribution in [3.05, 3.63) is 71.9 Å². The third-order valence-corrected chi connectivity index (χ3v) is 4.37. The topological polar surface area (TPSA) is 45.3 Å². The number of rotatable bonds is 6. The number of fused-ring (bicyclic) bond motifs is 1. The van der Waals surface area contributed by atoms with Gasteiger partial charge in [-0.2, -0.15) is 0 Å². The maximum Gasteiger partial charge on any atom is 0.323 e. The van der Waals surface area contributed by atoms with Gasteiger partial charge in [-0.1, -0.05) is 48.5 Å². The molecule has 2 aromatic carbocycles. The number of nitrogens with zero attached hydrogens (tertiary/aromatic N) is 1. The van der Waals surface area contributed by atoms with E-state index in [2.05, 4.69) is 23.2 Å². The van der Waals surface area contributed by atoms with Crippen molar-refractivity contribution in [2.24, 2.45) is 0 Å². The number of aromatic nitrogens is 1. The molecule has 0 amide bonds. The molecule has 3 aromatic rings. The van der Waals surface area contributed by atoms with Crippen molar-refractivity contribution in [3.8, 4) is 0 Å². The van der Waals surface area contributed by atoms with Crippen LogP contribution in [0.3, 0.4) is 0 Å². The molecule has 0 aliphatic rings. The first kappa shape index (κ1) is 16.3. The molecule has 0 aliphatic heterocycles. The summed E-state index contributed by atoms with van der Waals surface area (Å²) in [6.07, 6.45) is 2.59. The molecule has 1 aromatic heterocycles. The Morgan fingerprint density at radius 1 is 1.12 bits per heavy atom. The highest BCUT2D eigenvalue weighted by molar-refractivity contribution is 5.84. The molecular weight excluding hydrogens is 300 g/mol. The van der Waals surface area contributed by atoms with Gasteiger partial charge in [-0.3, -0.25) is 9.69 Å². The lowest BCUT2D eigenvalue weighted by Crippen LogP contribution is -2.40. The van der Waals surface area contributed by atoms with Gasteiger partial charge in [-0.15, -0.1) is 0 Å². The summed E-state index contributed by atoms with van der Waals surface area (Å²) in [4.78, 5) is 17.6. The zero-order valence-electron chi connectivity index (χ0n) is 14.0. The number of likely N-dealkylation sites (N-methyl/N-ethyl adjacent to an activating group) is 1. The Morgan fingerprint density at radius 2 is 1.83 bits per heavy atom. The summed E-state index contributed by atoms with van der Waals surface area (Å²) in [6, 6.07) is 18.0. The fourth-order valence-corrected chi connectivity index (χ4v) is 3.05. The molecule has 0 bridgehead atoms. The Bertz CT molecular complexity index is 811. The molecule has 0 spiro atoms. The van der Waals surface area contributed by atoms with Gasteiger partial charge in [0, 0.05) is 30.1 Å². The molecule has 0 aliphatic carbocycles. The highest BCUT2D eigenvalue weighted by atomic mass is 16.5. The summed E-state index contributed by atoms with van der Waals surface area (Å²) >= 11 is 0. The molecule has 124 valence electrons. The number of carbonyl (C=O) groups is 1. The SMILES string of the molecule is COC(=O)[C@H](Cc1c[nH]c2ccccc12)N(C)Cc1ccccc1. The zero-order chi connectivity index (χ0) is 16.9. The molecule has 1 heterocycles. The number of benzene rings is 2. The van der Waals surface area contributed by atoms with Gasteiger partial charge in [0.05, 0.1) is 7.11 Å². The van der Waals surface area contributed by atoms with Crippen LogP contribution in [0.25, 0.3) is 10.9 Å². The molecule has 0 radical (unpaired) electrons. The van der Waals surface area contributed by atoms with Gasteiger partial charge in [0.15, 0.2) is 0 Å². The van der Waals surface area contributed by atoms with Crippen LogP contribution in [0.5, 0.6) is 0 Å². The van der Waals surface area contributed by atoms with Crippen molar-refractivity contribution < 1.29 is 9.53 Å². The van der Waals surface area contributed by atoms with Gasteiger partial charge in [0.1, 0.15) is 6.04 Å². The van der Waals surface area contributed by atoms with Gasteiger partial charge in [0.2, 0.25) is 0 Å². The van der Waals surface area contributed by atoms with Gasteiger partial charge in [-0.25, -0.2) is 0 Å². The van der Waals surface area contributed by atoms with Crippen LogP contribution in [0.15, 0.2) is 60.8 Å². The van der Waals surface area contributed by atoms with E-state index in [-0.39, 0.29) is 12.0 Å². The second-order valence-electron chi connectivity index (χ2n) is 6.00. The zero-order valence-corrected chi connectivity index (χ0v) is 14.0. The molecule has 24 heavy (non-hydrogen) atoms. The van der Waals surface area contributed by atoms with Crippen LogP contribution in [-0.4, -0.2) is 36.1 Å². The van der Waals surface area contributed by atoms with Crippen molar-refractivity contribution >= 4 is 16.9 Å². The average molecular weight is 322 g/mol. The summed E-state index contributed by atoms with van der Waals surface area (Å²) in [6.45, 7) is 0.697. The monoisotopic (exact) mass is 322 g/mol. The highest BCUT2D eigenvalue weighted by Gasteiger charge is 2.25. The summed E-state index contributed by atoms with van der Waals surface area (Å²) in [5.41, 5.74) is 3.38. The Balaban J connectivity index is 1.82. The minimum Gasteiger partial charge on any atom is -0.468 e. The molecule has 0 fully saturated rings. The van der Waals surface area contributed by atoms with E-state index in [1.807, 2.05) is 54.5 Å². The van der Waals surface area contributed by atoms with Gasteiger partial charge in [0.25, 0.3) is 0 Å². The normalized spacial score (nSPS) is 12.5. The smallest absolute Gasteiger partial charge is 0.323 e. The van der Waals surface area contributed by atoms with Gasteiger partial charge >= 0.3 is 5.97 Å². The Morgan fingerprint density at radius 3 is 2.58 bits per heavy atom. The minimum atomic E-state index is -0.325. The van der Waals surface area contributed by atoms with E-state index < -0.39 is 0 Å². The van der Waals surface area contributed by atoms with E-state index in [1.165, 1.54) is 12.7 Å². The predicted octanol–water partition coefficient (Wildman–Crippen LogP) is 3.38. The number of ether oxygens (including phenoxy) is 1. The molecule has 0 saturated heterocycles. The number of H-pyrrole nitrogens is 1. The first-order chi connectivity index (χ1) is 11.7. The Kier molecular flexibility index (Phi) is 4.96. The van der Waals surface area contributed by atoms with Gasteiger partial charge < -0.3 is 9.72 Å². The number of methoxy groups -OCH3 is 1. The lowest BCUT2D eigenvalue weighted by molar-refractivity contribution is -0.146. The van der Waals surface area contributed by atoms with Crippen molar-refractivity contribution in [3.63, 3.8) is 0 Å². The highest BCUT2D eigenvalue weighted by Crippen LogP contribution is 2.21. The lowest BCUT2D eigenvalue weighted by Gasteiger charge is -2.26. The average Bonchev–Trinajstić information content (AvgIpc) is 3.03. The van der Waals surface area contributed by atoms with E-state index >= 15 is 0 Å². The van der Waals surface area contributed by atoms with Crippen LogP contribution in [0.1, 0.15) is 11.1 Å². The molecule has 4 nitrogen and oxygen atoms in total. The molecule has 0 saturated carbocycles. The summed E-state index contributed by atoms with van der Waals surface area (Å²) in [5, 5.41) is 1.15. The van der Waals surface area contributed by atoms with Crippen molar-refractivity contribution in [2.45, 2.75) is 19.0 Å². The van der Waals surface area contributed by atoms with Crippen LogP contribution in [0, 0.1) is 0 Å². The minimum absolute atomic E-state index is 0.210. The molecule has 1 N–H and O–H groups in total. The van der Waals surface area contributed by atoms with E-state index in [9.17, 15) is 4.79 Å². The lowest BCUT2D eigenvalue weighted by atomic mass is 10.0.